The molecule has 1 aromatic carbocycles. The Kier molecular flexibility index (Phi) is 5.07. The number of nitrogens with zero attached hydrogens (tertiary/aromatic N) is 2. The van der Waals surface area contributed by atoms with Crippen molar-refractivity contribution < 1.29 is 0 Å². The molecule has 0 spiro atoms. The Labute approximate surface area is 132 Å². The number of hydrogen-bond donors (Lipinski definition) is 1. The van der Waals surface area contributed by atoms with Gasteiger partial charge in [-0.15, -0.1) is 0 Å². The molecule has 1 aromatic heterocycles. The Hall–Kier alpha value is -1.32. The predicted octanol–water partition coefficient (Wildman–Crippen LogP) is 4.37. The number of hydrogen-bond acceptors (Lipinski definition) is 2. The monoisotopic (exact) mass is 305 g/mol. The highest BCUT2D eigenvalue weighted by Gasteiger charge is 2.11. The molecule has 2 aromatic rings. The maximum Gasteiger partial charge on any atom is 0.113 e. The van der Waals surface area contributed by atoms with Crippen LogP contribution in [0.3, 0.4) is 0 Å². The summed E-state index contributed by atoms with van der Waals surface area (Å²) in [6.45, 7) is 9.44. The van der Waals surface area contributed by atoms with Gasteiger partial charge in [0.25, 0.3) is 0 Å². The Morgan fingerprint density at radius 2 is 2.05 bits per heavy atom. The molecule has 0 amide bonds. The SMILES string of the molecule is CCCc1nccn1-c1ccc(CNC(C)(C)C)cc1Cl. The molecule has 1 heterocycles. The number of halogens is 1. The highest BCUT2D eigenvalue weighted by molar-refractivity contribution is 6.32. The summed E-state index contributed by atoms with van der Waals surface area (Å²) in [5.74, 6) is 1.06. The molecule has 0 saturated heterocycles. The molecule has 0 atom stereocenters. The van der Waals surface area contributed by atoms with Gasteiger partial charge in [-0.1, -0.05) is 24.6 Å². The Morgan fingerprint density at radius 1 is 1.29 bits per heavy atom. The van der Waals surface area contributed by atoms with E-state index in [2.05, 4.69) is 54.7 Å². The van der Waals surface area contributed by atoms with E-state index in [0.29, 0.717) is 0 Å². The van der Waals surface area contributed by atoms with E-state index in [1.807, 2.05) is 18.5 Å². The lowest BCUT2D eigenvalue weighted by molar-refractivity contribution is 0.424. The lowest BCUT2D eigenvalue weighted by Crippen LogP contribution is -2.35. The van der Waals surface area contributed by atoms with Gasteiger partial charge in [0.1, 0.15) is 5.82 Å². The average Bonchev–Trinajstić information content (AvgIpc) is 2.84. The third-order valence-corrected chi connectivity index (χ3v) is 3.59. The third-order valence-electron chi connectivity index (χ3n) is 3.29. The van der Waals surface area contributed by atoms with Crippen LogP contribution in [-0.2, 0) is 13.0 Å². The lowest BCUT2D eigenvalue weighted by atomic mass is 10.1. The minimum atomic E-state index is 0.101. The summed E-state index contributed by atoms with van der Waals surface area (Å²) in [7, 11) is 0. The number of aryl methyl sites for hydroxylation is 1. The second-order valence-corrected chi connectivity index (χ2v) is 6.76. The van der Waals surface area contributed by atoms with Crippen LogP contribution in [-0.4, -0.2) is 15.1 Å². The van der Waals surface area contributed by atoms with Crippen LogP contribution in [0, 0.1) is 0 Å². The fourth-order valence-electron chi connectivity index (χ4n) is 2.19. The van der Waals surface area contributed by atoms with Gasteiger partial charge in [-0.05, 0) is 44.9 Å². The van der Waals surface area contributed by atoms with Gasteiger partial charge < -0.3 is 9.88 Å². The van der Waals surface area contributed by atoms with Crippen LogP contribution in [0.2, 0.25) is 5.02 Å². The second kappa shape index (κ2) is 6.63. The van der Waals surface area contributed by atoms with Crippen LogP contribution in [0.1, 0.15) is 45.5 Å². The van der Waals surface area contributed by atoms with E-state index in [1.54, 1.807) is 0 Å². The van der Waals surface area contributed by atoms with Crippen molar-refractivity contribution in [3.8, 4) is 5.69 Å². The number of imidazole rings is 1. The summed E-state index contributed by atoms with van der Waals surface area (Å²) in [5, 5.41) is 4.24. The molecule has 0 aliphatic carbocycles. The molecule has 0 fully saturated rings. The van der Waals surface area contributed by atoms with Gasteiger partial charge in [-0.2, -0.15) is 0 Å². The van der Waals surface area contributed by atoms with Gasteiger partial charge in [0, 0.05) is 30.9 Å². The molecule has 0 saturated carbocycles. The van der Waals surface area contributed by atoms with Crippen molar-refractivity contribution in [3.05, 3.63) is 47.0 Å². The average molecular weight is 306 g/mol. The van der Waals surface area contributed by atoms with Crippen LogP contribution in [0.4, 0.5) is 0 Å². The first kappa shape index (κ1) is 16.1. The van der Waals surface area contributed by atoms with Crippen molar-refractivity contribution in [3.63, 3.8) is 0 Å². The number of nitrogens with one attached hydrogen (secondary N) is 1. The maximum absolute atomic E-state index is 6.47. The Balaban J connectivity index is 2.21. The standard InChI is InChI=1S/C17H24ClN3/c1-5-6-16-19-9-10-21(16)15-8-7-13(11-14(15)18)12-20-17(2,3)4/h7-11,20H,5-6,12H2,1-4H3. The van der Waals surface area contributed by atoms with Crippen LogP contribution in [0.15, 0.2) is 30.6 Å². The molecule has 0 aliphatic heterocycles. The summed E-state index contributed by atoms with van der Waals surface area (Å²) in [5.41, 5.74) is 2.29. The molecule has 3 nitrogen and oxygen atoms in total. The zero-order chi connectivity index (χ0) is 15.5. The zero-order valence-corrected chi connectivity index (χ0v) is 14.0. The molecule has 4 heteroatoms. The summed E-state index contributed by atoms with van der Waals surface area (Å²) >= 11 is 6.47. The van der Waals surface area contributed by atoms with Crippen molar-refractivity contribution in [2.45, 2.75) is 52.6 Å². The normalized spacial score (nSPS) is 11.9. The molecule has 21 heavy (non-hydrogen) atoms. The van der Waals surface area contributed by atoms with Crippen LogP contribution < -0.4 is 5.32 Å². The van der Waals surface area contributed by atoms with E-state index in [1.165, 1.54) is 5.56 Å². The number of rotatable bonds is 5. The minimum Gasteiger partial charge on any atom is -0.308 e. The fourth-order valence-corrected chi connectivity index (χ4v) is 2.48. The second-order valence-electron chi connectivity index (χ2n) is 6.35. The Morgan fingerprint density at radius 3 is 2.67 bits per heavy atom. The molecule has 1 N–H and O–H groups in total. The number of aromatic nitrogens is 2. The van der Waals surface area contributed by atoms with Crippen molar-refractivity contribution in [2.24, 2.45) is 0 Å². The molecule has 0 bridgehead atoms. The fraction of sp³-hybridized carbons (Fsp3) is 0.471. The molecule has 0 unspecified atom stereocenters. The molecule has 114 valence electrons. The topological polar surface area (TPSA) is 29.9 Å². The smallest absolute Gasteiger partial charge is 0.113 e. The first-order valence-electron chi connectivity index (χ1n) is 7.47. The van der Waals surface area contributed by atoms with Crippen molar-refractivity contribution >= 4 is 11.6 Å². The Bertz CT molecular complexity index is 596. The van der Waals surface area contributed by atoms with Crippen LogP contribution in [0.25, 0.3) is 5.69 Å². The molecular weight excluding hydrogens is 282 g/mol. The van der Waals surface area contributed by atoms with Gasteiger partial charge in [-0.3, -0.25) is 0 Å². The zero-order valence-electron chi connectivity index (χ0n) is 13.3. The first-order valence-corrected chi connectivity index (χ1v) is 7.84. The van der Waals surface area contributed by atoms with Crippen molar-refractivity contribution in [1.82, 2.24) is 14.9 Å². The van der Waals surface area contributed by atoms with E-state index >= 15 is 0 Å². The molecule has 2 rings (SSSR count). The largest absolute Gasteiger partial charge is 0.308 e. The molecule has 0 aliphatic rings. The molecular formula is C17H24ClN3. The highest BCUT2D eigenvalue weighted by Crippen LogP contribution is 2.23. The third kappa shape index (κ3) is 4.32. The van der Waals surface area contributed by atoms with Crippen molar-refractivity contribution in [1.29, 1.82) is 0 Å². The summed E-state index contributed by atoms with van der Waals surface area (Å²) in [6.07, 6.45) is 5.83. The number of benzene rings is 1. The quantitative estimate of drug-likeness (QED) is 0.889. The predicted molar refractivity (Wildman–Crippen MR) is 89.2 cm³/mol. The van der Waals surface area contributed by atoms with E-state index in [4.69, 9.17) is 11.6 Å². The maximum atomic E-state index is 6.47. The summed E-state index contributed by atoms with van der Waals surface area (Å²) in [6, 6.07) is 6.23. The first-order chi connectivity index (χ1) is 9.90. The lowest BCUT2D eigenvalue weighted by Gasteiger charge is -2.21. The van der Waals surface area contributed by atoms with E-state index in [9.17, 15) is 0 Å². The summed E-state index contributed by atoms with van der Waals surface area (Å²) in [4.78, 5) is 4.41. The van der Waals surface area contributed by atoms with Crippen LogP contribution in [0.5, 0.6) is 0 Å². The van der Waals surface area contributed by atoms with E-state index < -0.39 is 0 Å². The van der Waals surface area contributed by atoms with Crippen molar-refractivity contribution in [2.75, 3.05) is 0 Å². The van der Waals surface area contributed by atoms with Gasteiger partial charge in [0.2, 0.25) is 0 Å². The van der Waals surface area contributed by atoms with Gasteiger partial charge >= 0.3 is 0 Å². The van der Waals surface area contributed by atoms with Crippen LogP contribution >= 0.6 is 11.6 Å². The molecule has 0 radical (unpaired) electrons. The van der Waals surface area contributed by atoms with Gasteiger partial charge in [0.05, 0.1) is 10.7 Å². The summed E-state index contributed by atoms with van der Waals surface area (Å²) < 4.78 is 2.08. The van der Waals surface area contributed by atoms with E-state index in [0.717, 1.165) is 35.9 Å². The minimum absolute atomic E-state index is 0.101. The van der Waals surface area contributed by atoms with Gasteiger partial charge in [-0.25, -0.2) is 4.98 Å². The highest BCUT2D eigenvalue weighted by atomic mass is 35.5. The van der Waals surface area contributed by atoms with E-state index in [-0.39, 0.29) is 5.54 Å². The van der Waals surface area contributed by atoms with Gasteiger partial charge in [0.15, 0.2) is 0 Å².